The standard InChI is InChI=1S/C13H19FN2/c1-9-5-4-7-10(9)13(16-15)11-6-2-3-8-12(11)14/h2-3,6,8-10,13,16H,4-5,7,15H2,1H3. The zero-order valence-corrected chi connectivity index (χ0v) is 9.62. The predicted molar refractivity (Wildman–Crippen MR) is 63.0 cm³/mol. The highest BCUT2D eigenvalue weighted by Crippen LogP contribution is 2.40. The molecule has 1 aromatic carbocycles. The summed E-state index contributed by atoms with van der Waals surface area (Å²) in [7, 11) is 0. The fourth-order valence-corrected chi connectivity index (χ4v) is 2.84. The molecule has 3 N–H and O–H groups in total. The monoisotopic (exact) mass is 222 g/mol. The zero-order chi connectivity index (χ0) is 11.5. The van der Waals surface area contributed by atoms with Gasteiger partial charge in [0.15, 0.2) is 0 Å². The van der Waals surface area contributed by atoms with Crippen molar-refractivity contribution in [2.24, 2.45) is 17.7 Å². The van der Waals surface area contributed by atoms with Crippen molar-refractivity contribution in [3.05, 3.63) is 35.6 Å². The van der Waals surface area contributed by atoms with Gasteiger partial charge in [-0.1, -0.05) is 38.0 Å². The molecule has 3 unspecified atom stereocenters. The van der Waals surface area contributed by atoms with Crippen LogP contribution in [0, 0.1) is 17.7 Å². The van der Waals surface area contributed by atoms with Crippen molar-refractivity contribution in [1.82, 2.24) is 5.43 Å². The molecule has 0 heterocycles. The average Bonchev–Trinajstić information content (AvgIpc) is 2.69. The second kappa shape index (κ2) is 4.93. The summed E-state index contributed by atoms with van der Waals surface area (Å²) >= 11 is 0. The van der Waals surface area contributed by atoms with Gasteiger partial charge in [0.1, 0.15) is 5.82 Å². The van der Waals surface area contributed by atoms with E-state index in [1.807, 2.05) is 12.1 Å². The van der Waals surface area contributed by atoms with E-state index in [-0.39, 0.29) is 11.9 Å². The van der Waals surface area contributed by atoms with Crippen LogP contribution in [0.2, 0.25) is 0 Å². The lowest BCUT2D eigenvalue weighted by molar-refractivity contribution is 0.298. The largest absolute Gasteiger partial charge is 0.271 e. The van der Waals surface area contributed by atoms with E-state index in [4.69, 9.17) is 5.84 Å². The summed E-state index contributed by atoms with van der Waals surface area (Å²) in [6.07, 6.45) is 3.57. The Hall–Kier alpha value is -0.930. The normalized spacial score (nSPS) is 26.9. The van der Waals surface area contributed by atoms with Gasteiger partial charge in [0, 0.05) is 5.56 Å². The minimum Gasteiger partial charge on any atom is -0.271 e. The summed E-state index contributed by atoms with van der Waals surface area (Å²) in [5.41, 5.74) is 3.49. The van der Waals surface area contributed by atoms with E-state index >= 15 is 0 Å². The summed E-state index contributed by atoms with van der Waals surface area (Å²) in [6.45, 7) is 2.23. The highest BCUT2D eigenvalue weighted by molar-refractivity contribution is 5.22. The molecule has 1 aromatic rings. The zero-order valence-electron chi connectivity index (χ0n) is 9.62. The average molecular weight is 222 g/mol. The molecule has 0 radical (unpaired) electrons. The Morgan fingerprint density at radius 1 is 1.38 bits per heavy atom. The molecule has 0 saturated heterocycles. The second-order valence-electron chi connectivity index (χ2n) is 4.74. The molecule has 0 aliphatic heterocycles. The maximum Gasteiger partial charge on any atom is 0.128 e. The first kappa shape index (κ1) is 11.6. The summed E-state index contributed by atoms with van der Waals surface area (Å²) in [5.74, 6) is 6.49. The highest BCUT2D eigenvalue weighted by Gasteiger charge is 2.32. The van der Waals surface area contributed by atoms with Gasteiger partial charge in [-0.15, -0.1) is 0 Å². The summed E-state index contributed by atoms with van der Waals surface area (Å²) in [6, 6.07) is 6.84. The van der Waals surface area contributed by atoms with Crippen LogP contribution in [0.3, 0.4) is 0 Å². The van der Waals surface area contributed by atoms with Gasteiger partial charge in [0.25, 0.3) is 0 Å². The lowest BCUT2D eigenvalue weighted by Crippen LogP contribution is -2.35. The maximum atomic E-state index is 13.7. The Morgan fingerprint density at radius 3 is 2.69 bits per heavy atom. The predicted octanol–water partition coefficient (Wildman–Crippen LogP) is 2.77. The Kier molecular flexibility index (Phi) is 3.56. The van der Waals surface area contributed by atoms with Crippen LogP contribution in [0.5, 0.6) is 0 Å². The van der Waals surface area contributed by atoms with E-state index in [0.29, 0.717) is 17.4 Å². The fraction of sp³-hybridized carbons (Fsp3) is 0.538. The van der Waals surface area contributed by atoms with Crippen LogP contribution < -0.4 is 11.3 Å². The van der Waals surface area contributed by atoms with Gasteiger partial charge in [-0.25, -0.2) is 4.39 Å². The number of rotatable bonds is 3. The Balaban J connectivity index is 2.25. The summed E-state index contributed by atoms with van der Waals surface area (Å²) in [4.78, 5) is 0. The number of halogens is 1. The lowest BCUT2D eigenvalue weighted by Gasteiger charge is -2.26. The SMILES string of the molecule is CC1CCCC1C(NN)c1ccccc1F. The van der Waals surface area contributed by atoms with Crippen LogP contribution in [0.25, 0.3) is 0 Å². The number of hydrogen-bond donors (Lipinski definition) is 2. The summed E-state index contributed by atoms with van der Waals surface area (Å²) in [5, 5.41) is 0. The van der Waals surface area contributed by atoms with Gasteiger partial charge in [-0.3, -0.25) is 11.3 Å². The number of hydrogen-bond acceptors (Lipinski definition) is 2. The molecule has 88 valence electrons. The first-order valence-electron chi connectivity index (χ1n) is 5.94. The highest BCUT2D eigenvalue weighted by atomic mass is 19.1. The van der Waals surface area contributed by atoms with Crippen molar-refractivity contribution in [2.75, 3.05) is 0 Å². The molecule has 3 atom stereocenters. The van der Waals surface area contributed by atoms with Crippen LogP contribution in [-0.2, 0) is 0 Å². The van der Waals surface area contributed by atoms with Crippen molar-refractivity contribution in [3.8, 4) is 0 Å². The third-order valence-corrected chi connectivity index (χ3v) is 3.78. The van der Waals surface area contributed by atoms with Gasteiger partial charge in [0.05, 0.1) is 6.04 Å². The van der Waals surface area contributed by atoms with Crippen LogP contribution in [0.1, 0.15) is 37.8 Å². The van der Waals surface area contributed by atoms with E-state index in [1.54, 1.807) is 6.07 Å². The van der Waals surface area contributed by atoms with Crippen molar-refractivity contribution in [1.29, 1.82) is 0 Å². The van der Waals surface area contributed by atoms with Crippen molar-refractivity contribution in [3.63, 3.8) is 0 Å². The number of nitrogens with one attached hydrogen (secondary N) is 1. The third-order valence-electron chi connectivity index (χ3n) is 3.78. The fourth-order valence-electron chi connectivity index (χ4n) is 2.84. The minimum absolute atomic E-state index is 0.0568. The first-order chi connectivity index (χ1) is 7.74. The third kappa shape index (κ3) is 2.11. The lowest BCUT2D eigenvalue weighted by atomic mass is 9.86. The van der Waals surface area contributed by atoms with Gasteiger partial charge in [0.2, 0.25) is 0 Å². The number of hydrazine groups is 1. The van der Waals surface area contributed by atoms with E-state index < -0.39 is 0 Å². The Morgan fingerprint density at radius 2 is 2.12 bits per heavy atom. The molecule has 0 aromatic heterocycles. The number of benzene rings is 1. The smallest absolute Gasteiger partial charge is 0.128 e. The molecule has 0 spiro atoms. The van der Waals surface area contributed by atoms with Gasteiger partial charge in [-0.05, 0) is 24.3 Å². The van der Waals surface area contributed by atoms with Crippen LogP contribution in [-0.4, -0.2) is 0 Å². The first-order valence-corrected chi connectivity index (χ1v) is 5.94. The van der Waals surface area contributed by atoms with Crippen LogP contribution in [0.15, 0.2) is 24.3 Å². The molecular weight excluding hydrogens is 203 g/mol. The van der Waals surface area contributed by atoms with E-state index in [9.17, 15) is 4.39 Å². The van der Waals surface area contributed by atoms with Crippen molar-refractivity contribution >= 4 is 0 Å². The van der Waals surface area contributed by atoms with Crippen LogP contribution in [0.4, 0.5) is 4.39 Å². The van der Waals surface area contributed by atoms with Crippen molar-refractivity contribution < 1.29 is 4.39 Å². The number of nitrogens with two attached hydrogens (primary N) is 1. The van der Waals surface area contributed by atoms with E-state index in [1.165, 1.54) is 18.9 Å². The molecule has 3 heteroatoms. The molecule has 0 amide bonds. The molecule has 2 nitrogen and oxygen atoms in total. The van der Waals surface area contributed by atoms with E-state index in [2.05, 4.69) is 12.3 Å². The molecule has 1 aliphatic rings. The van der Waals surface area contributed by atoms with Gasteiger partial charge in [-0.2, -0.15) is 0 Å². The second-order valence-corrected chi connectivity index (χ2v) is 4.74. The molecule has 0 bridgehead atoms. The summed E-state index contributed by atoms with van der Waals surface area (Å²) < 4.78 is 13.7. The maximum absolute atomic E-state index is 13.7. The minimum atomic E-state index is -0.162. The Labute approximate surface area is 96.0 Å². The quantitative estimate of drug-likeness (QED) is 0.609. The van der Waals surface area contributed by atoms with Gasteiger partial charge >= 0.3 is 0 Å². The molecule has 1 aliphatic carbocycles. The molecule has 1 saturated carbocycles. The van der Waals surface area contributed by atoms with Crippen molar-refractivity contribution in [2.45, 2.75) is 32.2 Å². The topological polar surface area (TPSA) is 38.0 Å². The van der Waals surface area contributed by atoms with Gasteiger partial charge < -0.3 is 0 Å². The molecule has 2 rings (SSSR count). The molecule has 16 heavy (non-hydrogen) atoms. The van der Waals surface area contributed by atoms with E-state index in [0.717, 1.165) is 6.42 Å². The van der Waals surface area contributed by atoms with Crippen LogP contribution >= 0.6 is 0 Å². The molecule has 1 fully saturated rings. The Bertz CT molecular complexity index is 354. The molecular formula is C13H19FN2.